The number of hydrogen-bond acceptors (Lipinski definition) is 3. The molecular formula is C16H20N2O. The van der Waals surface area contributed by atoms with Crippen LogP contribution < -0.4 is 5.32 Å². The number of nitrogens with zero attached hydrogens (tertiary/aromatic N) is 1. The Labute approximate surface area is 114 Å². The van der Waals surface area contributed by atoms with E-state index in [-0.39, 0.29) is 11.2 Å². The zero-order valence-electron chi connectivity index (χ0n) is 11.7. The summed E-state index contributed by atoms with van der Waals surface area (Å²) in [6.45, 7) is 6.87. The van der Waals surface area contributed by atoms with E-state index in [1.165, 1.54) is 5.56 Å². The molecule has 0 unspecified atom stereocenters. The van der Waals surface area contributed by atoms with E-state index >= 15 is 0 Å². The molecule has 2 rings (SSSR count). The van der Waals surface area contributed by atoms with E-state index in [0.717, 1.165) is 5.56 Å². The van der Waals surface area contributed by atoms with E-state index in [9.17, 15) is 4.79 Å². The summed E-state index contributed by atoms with van der Waals surface area (Å²) in [6, 6.07) is 7.91. The van der Waals surface area contributed by atoms with Crippen LogP contribution in [0.1, 0.15) is 36.7 Å². The number of carbonyl (C=O) groups excluding carboxylic acids is 1. The quantitative estimate of drug-likeness (QED) is 0.844. The van der Waals surface area contributed by atoms with Crippen LogP contribution in [0.3, 0.4) is 0 Å². The van der Waals surface area contributed by atoms with Crippen LogP contribution in [0.25, 0.3) is 0 Å². The van der Waals surface area contributed by atoms with Crippen molar-refractivity contribution in [3.8, 4) is 0 Å². The van der Waals surface area contributed by atoms with Crippen molar-refractivity contribution in [1.82, 2.24) is 10.2 Å². The predicted octanol–water partition coefficient (Wildman–Crippen LogP) is 3.01. The molecule has 1 N–H and O–H groups in total. The lowest BCUT2D eigenvalue weighted by molar-refractivity contribution is 0.0969. The van der Waals surface area contributed by atoms with Crippen molar-refractivity contribution >= 4 is 5.78 Å². The van der Waals surface area contributed by atoms with Crippen LogP contribution in [0, 0.1) is 0 Å². The van der Waals surface area contributed by atoms with E-state index < -0.39 is 0 Å². The second kappa shape index (κ2) is 5.31. The third-order valence-electron chi connectivity index (χ3n) is 3.12. The molecule has 0 radical (unpaired) electrons. The van der Waals surface area contributed by atoms with Crippen molar-refractivity contribution in [3.05, 3.63) is 60.2 Å². The molecule has 0 aliphatic carbocycles. The minimum absolute atomic E-state index is 0.117. The normalized spacial score (nSPS) is 14.4. The van der Waals surface area contributed by atoms with Crippen LogP contribution in [0.15, 0.2) is 49.1 Å². The summed E-state index contributed by atoms with van der Waals surface area (Å²) in [5.41, 5.74) is 2.12. The van der Waals surface area contributed by atoms with Crippen LogP contribution >= 0.6 is 0 Å². The number of hydrogen-bond donors (Lipinski definition) is 1. The van der Waals surface area contributed by atoms with Gasteiger partial charge in [-0.05, 0) is 11.0 Å². The summed E-state index contributed by atoms with van der Waals surface area (Å²) in [5, 5.41) is 2.94. The molecular weight excluding hydrogens is 236 g/mol. The number of ketones is 1. The number of benzene rings is 1. The standard InChI is InChI=1S/C16H20N2O/c1-16(2,3)14-6-4-13(5-7-14)15(19)12-18-10-8-17-9-11-18/h4-11,17H,12H2,1-3H3. The molecule has 0 amide bonds. The van der Waals surface area contributed by atoms with Gasteiger partial charge in [-0.3, -0.25) is 4.79 Å². The van der Waals surface area contributed by atoms with Gasteiger partial charge in [0.1, 0.15) is 0 Å². The van der Waals surface area contributed by atoms with Crippen LogP contribution in [0.2, 0.25) is 0 Å². The first kappa shape index (κ1) is 13.4. The van der Waals surface area contributed by atoms with Crippen molar-refractivity contribution in [1.29, 1.82) is 0 Å². The third kappa shape index (κ3) is 3.47. The average molecular weight is 256 g/mol. The fourth-order valence-corrected chi connectivity index (χ4v) is 1.90. The molecule has 0 atom stereocenters. The summed E-state index contributed by atoms with van der Waals surface area (Å²) in [6.07, 6.45) is 7.30. The highest BCUT2D eigenvalue weighted by molar-refractivity contribution is 5.97. The molecule has 1 aliphatic rings. The van der Waals surface area contributed by atoms with E-state index in [1.807, 2.05) is 41.6 Å². The summed E-state index contributed by atoms with van der Waals surface area (Å²) in [5.74, 6) is 0.122. The lowest BCUT2D eigenvalue weighted by atomic mass is 9.86. The average Bonchev–Trinajstić information content (AvgIpc) is 2.39. The zero-order valence-corrected chi connectivity index (χ0v) is 11.7. The monoisotopic (exact) mass is 256 g/mol. The van der Waals surface area contributed by atoms with Gasteiger partial charge in [-0.1, -0.05) is 45.0 Å². The van der Waals surface area contributed by atoms with Crippen molar-refractivity contribution in [2.75, 3.05) is 6.54 Å². The Balaban J connectivity index is 2.05. The van der Waals surface area contributed by atoms with Crippen LogP contribution in [0.4, 0.5) is 0 Å². The maximum Gasteiger partial charge on any atom is 0.182 e. The number of nitrogens with one attached hydrogen (secondary N) is 1. The number of Topliss-reactive ketones (excluding diaryl/α,β-unsaturated/α-hetero) is 1. The van der Waals surface area contributed by atoms with Gasteiger partial charge in [0.15, 0.2) is 5.78 Å². The van der Waals surface area contributed by atoms with Crippen molar-refractivity contribution < 1.29 is 4.79 Å². The first-order chi connectivity index (χ1) is 8.97. The van der Waals surface area contributed by atoms with Crippen molar-refractivity contribution in [2.45, 2.75) is 26.2 Å². The molecule has 0 bridgehead atoms. The fraction of sp³-hybridized carbons (Fsp3) is 0.312. The molecule has 100 valence electrons. The molecule has 3 nitrogen and oxygen atoms in total. The van der Waals surface area contributed by atoms with Gasteiger partial charge in [0.25, 0.3) is 0 Å². The molecule has 1 heterocycles. The number of carbonyl (C=O) groups is 1. The van der Waals surface area contributed by atoms with Gasteiger partial charge in [0.2, 0.25) is 0 Å². The second-order valence-corrected chi connectivity index (χ2v) is 5.72. The van der Waals surface area contributed by atoms with E-state index in [1.54, 1.807) is 12.4 Å². The molecule has 1 aliphatic heterocycles. The van der Waals surface area contributed by atoms with Gasteiger partial charge in [-0.25, -0.2) is 0 Å². The van der Waals surface area contributed by atoms with Gasteiger partial charge >= 0.3 is 0 Å². The van der Waals surface area contributed by atoms with E-state index in [4.69, 9.17) is 0 Å². The van der Waals surface area contributed by atoms with Crippen LogP contribution in [-0.2, 0) is 5.41 Å². The summed E-state index contributed by atoms with van der Waals surface area (Å²) < 4.78 is 0. The lowest BCUT2D eigenvalue weighted by Gasteiger charge is -2.20. The first-order valence-corrected chi connectivity index (χ1v) is 6.46. The highest BCUT2D eigenvalue weighted by Crippen LogP contribution is 2.22. The molecule has 0 saturated carbocycles. The maximum atomic E-state index is 12.1. The van der Waals surface area contributed by atoms with Crippen molar-refractivity contribution in [3.63, 3.8) is 0 Å². The van der Waals surface area contributed by atoms with Crippen LogP contribution in [-0.4, -0.2) is 17.2 Å². The molecule has 19 heavy (non-hydrogen) atoms. The van der Waals surface area contributed by atoms with Crippen molar-refractivity contribution in [2.24, 2.45) is 0 Å². The fourth-order valence-electron chi connectivity index (χ4n) is 1.90. The Kier molecular flexibility index (Phi) is 3.74. The molecule has 0 spiro atoms. The Hall–Kier alpha value is -2.03. The smallest absolute Gasteiger partial charge is 0.182 e. The second-order valence-electron chi connectivity index (χ2n) is 5.72. The first-order valence-electron chi connectivity index (χ1n) is 6.46. The highest BCUT2D eigenvalue weighted by Gasteiger charge is 2.15. The van der Waals surface area contributed by atoms with E-state index in [0.29, 0.717) is 6.54 Å². The lowest BCUT2D eigenvalue weighted by Crippen LogP contribution is -2.23. The Morgan fingerprint density at radius 3 is 2.21 bits per heavy atom. The summed E-state index contributed by atoms with van der Waals surface area (Å²) in [4.78, 5) is 14.0. The number of rotatable bonds is 3. The minimum Gasteiger partial charge on any atom is -0.365 e. The molecule has 0 aromatic heterocycles. The predicted molar refractivity (Wildman–Crippen MR) is 77.6 cm³/mol. The molecule has 0 saturated heterocycles. The zero-order chi connectivity index (χ0) is 13.9. The topological polar surface area (TPSA) is 32.3 Å². The SMILES string of the molecule is CC(C)(C)c1ccc(C(=O)CN2C=CNC=C2)cc1. The Morgan fingerprint density at radius 1 is 1.11 bits per heavy atom. The molecule has 1 aromatic rings. The molecule has 3 heteroatoms. The highest BCUT2D eigenvalue weighted by atomic mass is 16.1. The van der Waals surface area contributed by atoms with Gasteiger partial charge in [-0.2, -0.15) is 0 Å². The van der Waals surface area contributed by atoms with Crippen LogP contribution in [0.5, 0.6) is 0 Å². The van der Waals surface area contributed by atoms with Gasteiger partial charge < -0.3 is 10.2 Å². The third-order valence-corrected chi connectivity index (χ3v) is 3.12. The van der Waals surface area contributed by atoms with Gasteiger partial charge in [0.05, 0.1) is 6.54 Å². The minimum atomic E-state index is 0.117. The Bertz CT molecular complexity index is 495. The maximum absolute atomic E-state index is 12.1. The Morgan fingerprint density at radius 2 is 1.68 bits per heavy atom. The molecule has 1 aromatic carbocycles. The molecule has 0 fully saturated rings. The summed E-state index contributed by atoms with van der Waals surface area (Å²) >= 11 is 0. The van der Waals surface area contributed by atoms with Gasteiger partial charge in [-0.15, -0.1) is 0 Å². The van der Waals surface area contributed by atoms with E-state index in [2.05, 4.69) is 26.1 Å². The van der Waals surface area contributed by atoms with Gasteiger partial charge in [0, 0.05) is 30.4 Å². The summed E-state index contributed by atoms with van der Waals surface area (Å²) in [7, 11) is 0. The largest absolute Gasteiger partial charge is 0.365 e.